The number of aryl methyl sites for hydroxylation is 1. The molecular formula is C22H36O4. The molecule has 0 atom stereocenters. The van der Waals surface area contributed by atoms with Gasteiger partial charge in [-0.3, -0.25) is 0 Å². The lowest BCUT2D eigenvalue weighted by Crippen LogP contribution is -2.07. The third kappa shape index (κ3) is 11.9. The van der Waals surface area contributed by atoms with Crippen LogP contribution in [0.1, 0.15) is 64.9 Å². The van der Waals surface area contributed by atoms with E-state index in [2.05, 4.69) is 56.5 Å². The van der Waals surface area contributed by atoms with Crippen LogP contribution >= 0.6 is 0 Å². The highest BCUT2D eigenvalue weighted by Crippen LogP contribution is 2.21. The Balaban J connectivity index is 2.05. The van der Waals surface area contributed by atoms with E-state index in [4.69, 9.17) is 14.7 Å². The molecule has 0 bridgehead atoms. The van der Waals surface area contributed by atoms with Crippen LogP contribution in [-0.4, -0.2) is 25.1 Å². The highest BCUT2D eigenvalue weighted by molar-refractivity contribution is 5.27. The van der Waals surface area contributed by atoms with Crippen molar-refractivity contribution in [3.63, 3.8) is 0 Å². The second-order valence-electron chi connectivity index (χ2n) is 7.96. The lowest BCUT2D eigenvalue weighted by Gasteiger charge is -2.17. The first kappa shape index (κ1) is 22.5. The van der Waals surface area contributed by atoms with Crippen LogP contribution in [0.2, 0.25) is 0 Å². The van der Waals surface area contributed by atoms with Crippen LogP contribution in [0.5, 0.6) is 5.75 Å². The van der Waals surface area contributed by atoms with Crippen LogP contribution in [0.4, 0.5) is 0 Å². The summed E-state index contributed by atoms with van der Waals surface area (Å²) in [6.45, 7) is 12.6. The van der Waals surface area contributed by atoms with Crippen molar-refractivity contribution >= 4 is 0 Å². The van der Waals surface area contributed by atoms with Gasteiger partial charge in [-0.15, -0.1) is 0 Å². The molecule has 1 rings (SSSR count). The molecule has 0 unspecified atom stereocenters. The van der Waals surface area contributed by atoms with Gasteiger partial charge in [0.2, 0.25) is 0 Å². The van der Waals surface area contributed by atoms with Crippen LogP contribution < -0.4 is 4.74 Å². The molecule has 0 aliphatic carbocycles. The summed E-state index contributed by atoms with van der Waals surface area (Å²) in [6, 6.07) is 8.39. The van der Waals surface area contributed by atoms with Crippen LogP contribution in [0, 0.1) is 5.41 Å². The topological polar surface area (TPSA) is 47.9 Å². The van der Waals surface area contributed by atoms with Crippen molar-refractivity contribution < 1.29 is 19.6 Å². The van der Waals surface area contributed by atoms with E-state index in [0.717, 1.165) is 57.7 Å². The average molecular weight is 365 g/mol. The lowest BCUT2D eigenvalue weighted by atomic mass is 9.91. The van der Waals surface area contributed by atoms with E-state index in [-0.39, 0.29) is 0 Å². The summed E-state index contributed by atoms with van der Waals surface area (Å²) in [7, 11) is 0. The molecule has 0 amide bonds. The molecule has 4 heteroatoms. The molecule has 0 fully saturated rings. The second kappa shape index (κ2) is 12.8. The van der Waals surface area contributed by atoms with Gasteiger partial charge in [-0.1, -0.05) is 39.5 Å². The van der Waals surface area contributed by atoms with E-state index in [1.54, 1.807) is 0 Å². The van der Waals surface area contributed by atoms with Gasteiger partial charge in [-0.2, -0.15) is 0 Å². The molecule has 0 saturated carbocycles. The van der Waals surface area contributed by atoms with Crippen molar-refractivity contribution in [1.82, 2.24) is 0 Å². The van der Waals surface area contributed by atoms with Crippen molar-refractivity contribution in [2.75, 3.05) is 19.8 Å². The minimum atomic E-state index is 0.373. The van der Waals surface area contributed by atoms with E-state index in [1.807, 2.05) is 0 Å². The highest BCUT2D eigenvalue weighted by atomic mass is 17.1. The van der Waals surface area contributed by atoms with E-state index in [1.165, 1.54) is 12.0 Å². The molecule has 0 aromatic heterocycles. The minimum absolute atomic E-state index is 0.373. The van der Waals surface area contributed by atoms with Gasteiger partial charge in [-0.25, -0.2) is 5.26 Å². The molecule has 0 aliphatic rings. The first-order valence-electron chi connectivity index (χ1n) is 9.69. The first-order chi connectivity index (χ1) is 12.4. The molecule has 26 heavy (non-hydrogen) atoms. The molecular weight excluding hydrogens is 328 g/mol. The van der Waals surface area contributed by atoms with Gasteiger partial charge in [0.15, 0.2) is 0 Å². The van der Waals surface area contributed by atoms with E-state index >= 15 is 0 Å². The molecule has 0 radical (unpaired) electrons. The molecule has 148 valence electrons. The molecule has 0 saturated heterocycles. The van der Waals surface area contributed by atoms with Gasteiger partial charge in [0.1, 0.15) is 11.5 Å². The summed E-state index contributed by atoms with van der Waals surface area (Å²) in [5.74, 6) is 1.36. The summed E-state index contributed by atoms with van der Waals surface area (Å²) in [5.41, 5.74) is 1.68. The van der Waals surface area contributed by atoms with Gasteiger partial charge < -0.3 is 14.4 Å². The first-order valence-corrected chi connectivity index (χ1v) is 9.69. The normalized spacial score (nSPS) is 11.4. The Morgan fingerprint density at radius 3 is 2.31 bits per heavy atom. The molecule has 4 nitrogen and oxygen atoms in total. The van der Waals surface area contributed by atoms with Gasteiger partial charge in [0.25, 0.3) is 0 Å². The van der Waals surface area contributed by atoms with Gasteiger partial charge in [0, 0.05) is 19.6 Å². The molecule has 0 heterocycles. The second-order valence-corrected chi connectivity index (χ2v) is 7.96. The maximum absolute atomic E-state index is 8.38. The van der Waals surface area contributed by atoms with Crippen molar-refractivity contribution in [2.24, 2.45) is 5.41 Å². The smallest absolute Gasteiger partial charge is 0.135 e. The Bertz CT molecular complexity index is 488. The Hall–Kier alpha value is -1.52. The molecule has 0 aliphatic heterocycles. The van der Waals surface area contributed by atoms with Crippen molar-refractivity contribution in [1.29, 1.82) is 0 Å². The molecule has 0 spiro atoms. The van der Waals surface area contributed by atoms with E-state index < -0.39 is 0 Å². The zero-order valence-corrected chi connectivity index (χ0v) is 16.8. The quantitative estimate of drug-likeness (QED) is 0.190. The monoisotopic (exact) mass is 364 g/mol. The summed E-state index contributed by atoms with van der Waals surface area (Å²) in [4.78, 5) is 4.05. The lowest BCUT2D eigenvalue weighted by molar-refractivity contribution is -0.205. The predicted molar refractivity (Wildman–Crippen MR) is 106 cm³/mol. The number of ether oxygens (including phenoxy) is 2. The summed E-state index contributed by atoms with van der Waals surface area (Å²) in [5, 5.41) is 8.38. The number of rotatable bonds is 14. The van der Waals surface area contributed by atoms with Crippen LogP contribution in [0.25, 0.3) is 0 Å². The van der Waals surface area contributed by atoms with Gasteiger partial charge >= 0.3 is 0 Å². The SMILES string of the molecule is C=C(CCCCOCCCc1ccc(OCCCC(C)(C)C)cc1)OO. The summed E-state index contributed by atoms with van der Waals surface area (Å²) in [6.07, 6.45) is 6.82. The van der Waals surface area contributed by atoms with E-state index in [9.17, 15) is 0 Å². The van der Waals surface area contributed by atoms with Crippen molar-refractivity contribution in [3.05, 3.63) is 42.2 Å². The van der Waals surface area contributed by atoms with Crippen molar-refractivity contribution in [2.45, 2.75) is 65.7 Å². The van der Waals surface area contributed by atoms with Gasteiger partial charge in [-0.05, 0) is 61.6 Å². The Kier molecular flexibility index (Phi) is 11.1. The number of hydrogen-bond acceptors (Lipinski definition) is 4. The third-order valence-corrected chi connectivity index (χ3v) is 4.14. The Labute approximate surface area is 159 Å². The maximum Gasteiger partial charge on any atom is 0.135 e. The average Bonchev–Trinajstić information content (AvgIpc) is 2.61. The zero-order valence-electron chi connectivity index (χ0n) is 16.8. The fraction of sp³-hybridized carbons (Fsp3) is 0.636. The van der Waals surface area contributed by atoms with Crippen LogP contribution in [0.3, 0.4) is 0 Å². The molecule has 1 aromatic rings. The molecule has 1 aromatic carbocycles. The van der Waals surface area contributed by atoms with Crippen molar-refractivity contribution in [3.8, 4) is 5.75 Å². The Morgan fingerprint density at radius 2 is 1.65 bits per heavy atom. The zero-order chi connectivity index (χ0) is 19.3. The number of unbranched alkanes of at least 4 members (excludes halogenated alkanes) is 1. The minimum Gasteiger partial charge on any atom is -0.494 e. The summed E-state index contributed by atoms with van der Waals surface area (Å²) < 4.78 is 11.4. The number of benzene rings is 1. The van der Waals surface area contributed by atoms with Crippen LogP contribution in [0.15, 0.2) is 36.6 Å². The Morgan fingerprint density at radius 1 is 0.962 bits per heavy atom. The largest absolute Gasteiger partial charge is 0.494 e. The number of hydrogen-bond donors (Lipinski definition) is 1. The fourth-order valence-electron chi connectivity index (χ4n) is 2.60. The maximum atomic E-state index is 8.38. The standard InChI is InChI=1S/C22H36O4/c1-19(26-23)9-5-6-16-24-17-7-10-20-11-13-21(14-12-20)25-18-8-15-22(2,3)4/h11-14,23H,1,5-10,15-18H2,2-4H3. The summed E-state index contributed by atoms with van der Waals surface area (Å²) >= 11 is 0. The molecule has 1 N–H and O–H groups in total. The fourth-order valence-corrected chi connectivity index (χ4v) is 2.60. The highest BCUT2D eigenvalue weighted by Gasteiger charge is 2.09. The number of allylic oxidation sites excluding steroid dienone is 1. The van der Waals surface area contributed by atoms with Crippen LogP contribution in [-0.2, 0) is 16.0 Å². The predicted octanol–water partition coefficient (Wildman–Crippen LogP) is 6.01. The van der Waals surface area contributed by atoms with E-state index in [0.29, 0.717) is 17.6 Å². The third-order valence-electron chi connectivity index (χ3n) is 4.14. The van der Waals surface area contributed by atoms with Gasteiger partial charge in [0.05, 0.1) is 6.61 Å².